The molecule has 0 saturated carbocycles. The Hall–Kier alpha value is -6.44. The number of rotatable bonds is 4. The average molecular weight is 627 g/mol. The molecule has 228 valence electrons. The first-order valence-electron chi connectivity index (χ1n) is 18.5. The van der Waals surface area contributed by atoms with Crippen molar-refractivity contribution in [2.45, 2.75) is 0 Å². The Balaban J connectivity index is 1.38. The van der Waals surface area contributed by atoms with Crippen molar-refractivity contribution in [3.05, 3.63) is 182 Å². The Bertz CT molecular complexity index is 3090. The maximum atomic E-state index is 9.69. The summed E-state index contributed by atoms with van der Waals surface area (Å²) >= 11 is 0. The van der Waals surface area contributed by atoms with E-state index in [0.29, 0.717) is 22.3 Å². The summed E-state index contributed by atoms with van der Waals surface area (Å²) in [7, 11) is 0. The van der Waals surface area contributed by atoms with Gasteiger partial charge < -0.3 is 4.42 Å². The van der Waals surface area contributed by atoms with Gasteiger partial charge in [-0.25, -0.2) is 0 Å². The van der Waals surface area contributed by atoms with Gasteiger partial charge in [-0.15, -0.1) is 0 Å². The van der Waals surface area contributed by atoms with Gasteiger partial charge in [0, 0.05) is 16.2 Å². The molecule has 10 rings (SSSR count). The Morgan fingerprint density at radius 2 is 1.04 bits per heavy atom. The summed E-state index contributed by atoms with van der Waals surface area (Å²) in [5.41, 5.74) is 7.86. The van der Waals surface area contributed by atoms with Crippen molar-refractivity contribution in [2.24, 2.45) is 0 Å². The molecule has 0 fully saturated rings. The molecule has 1 aromatic heterocycles. The highest BCUT2D eigenvalue weighted by Gasteiger charge is 2.21. The molecule has 1 nitrogen and oxygen atoms in total. The molecule has 0 atom stereocenters. The molecule has 49 heavy (non-hydrogen) atoms. The molecule has 0 N–H and O–H groups in total. The van der Waals surface area contributed by atoms with Gasteiger partial charge in [-0.2, -0.15) is 0 Å². The Kier molecular flexibility index (Phi) is 5.38. The molecule has 9 aromatic carbocycles. The Morgan fingerprint density at radius 3 is 1.84 bits per heavy atom. The van der Waals surface area contributed by atoms with Crippen LogP contribution in [0, 0.1) is 0 Å². The smallest absolute Gasteiger partial charge is 0.143 e. The molecule has 0 bridgehead atoms. The molecule has 0 saturated heterocycles. The molecule has 1 heteroatoms. The van der Waals surface area contributed by atoms with E-state index in [1.807, 2.05) is 84.9 Å². The van der Waals surface area contributed by atoms with Gasteiger partial charge in [0.2, 0.25) is 0 Å². The van der Waals surface area contributed by atoms with E-state index in [1.165, 1.54) is 0 Å². The van der Waals surface area contributed by atoms with Crippen molar-refractivity contribution in [1.82, 2.24) is 0 Å². The van der Waals surface area contributed by atoms with Crippen LogP contribution in [0.2, 0.25) is 0 Å². The van der Waals surface area contributed by atoms with Crippen LogP contribution in [-0.2, 0) is 0 Å². The quantitative estimate of drug-likeness (QED) is 0.177. The lowest BCUT2D eigenvalue weighted by Crippen LogP contribution is -1.92. The third-order valence-electron chi connectivity index (χ3n) is 9.73. The number of benzene rings is 9. The molecule has 0 unspecified atom stereocenters. The van der Waals surface area contributed by atoms with Crippen LogP contribution in [0.5, 0.6) is 0 Å². The van der Waals surface area contributed by atoms with Crippen LogP contribution in [-0.4, -0.2) is 0 Å². The predicted molar refractivity (Wildman–Crippen MR) is 208 cm³/mol. The third kappa shape index (κ3) is 4.40. The molecule has 0 spiro atoms. The second-order valence-electron chi connectivity index (χ2n) is 12.5. The van der Waals surface area contributed by atoms with Crippen LogP contribution in [0.25, 0.3) is 98.8 Å². The zero-order valence-electron chi connectivity index (χ0n) is 30.4. The summed E-state index contributed by atoms with van der Waals surface area (Å²) in [6.07, 6.45) is 0. The predicted octanol–water partition coefficient (Wildman–Crippen LogP) is 13.7. The number of fused-ring (bicyclic) bond motifs is 7. The molecule has 0 radical (unpaired) electrons. The lowest BCUT2D eigenvalue weighted by molar-refractivity contribution is 0.673. The van der Waals surface area contributed by atoms with Crippen LogP contribution in [0.1, 0.15) is 5.48 Å². The zero-order valence-corrected chi connectivity index (χ0v) is 26.4. The van der Waals surface area contributed by atoms with Gasteiger partial charge in [-0.1, -0.05) is 158 Å². The lowest BCUT2D eigenvalue weighted by atomic mass is 9.83. The van der Waals surface area contributed by atoms with E-state index in [0.717, 1.165) is 76.5 Å². The SMILES string of the molecule is [2H]c1c([2H])c(-c2ccccc2)c([2H])c(-c2c3ccccc3c(-c3cccc4oc5c6ccccc6ccc5c34)c3ccc(-c4ccccc4)cc23)c1[2H]. The first kappa shape index (κ1) is 23.8. The van der Waals surface area contributed by atoms with E-state index in [1.54, 1.807) is 0 Å². The number of hydrogen-bond donors (Lipinski definition) is 0. The molecule has 0 aliphatic carbocycles. The second kappa shape index (κ2) is 11.1. The maximum absolute atomic E-state index is 9.69. The fourth-order valence-electron chi connectivity index (χ4n) is 7.53. The van der Waals surface area contributed by atoms with E-state index in [4.69, 9.17) is 7.16 Å². The van der Waals surface area contributed by atoms with Gasteiger partial charge in [0.05, 0.1) is 5.48 Å². The largest absolute Gasteiger partial charge is 0.455 e. The van der Waals surface area contributed by atoms with Crippen LogP contribution < -0.4 is 0 Å². The topological polar surface area (TPSA) is 13.1 Å². The fourth-order valence-corrected chi connectivity index (χ4v) is 7.53. The maximum Gasteiger partial charge on any atom is 0.143 e. The van der Waals surface area contributed by atoms with Crippen molar-refractivity contribution in [2.75, 3.05) is 0 Å². The molecular formula is C48H30O. The van der Waals surface area contributed by atoms with Crippen molar-refractivity contribution in [1.29, 1.82) is 0 Å². The summed E-state index contributed by atoms with van der Waals surface area (Å²) in [5, 5.41) is 7.91. The third-order valence-corrected chi connectivity index (χ3v) is 9.73. The van der Waals surface area contributed by atoms with E-state index >= 15 is 0 Å². The molecule has 0 aliphatic heterocycles. The van der Waals surface area contributed by atoms with Crippen LogP contribution in [0.15, 0.2) is 186 Å². The van der Waals surface area contributed by atoms with Gasteiger partial charge in [-0.3, -0.25) is 0 Å². The minimum absolute atomic E-state index is 0.0707. The summed E-state index contributed by atoms with van der Waals surface area (Å²) in [5.74, 6) is 0. The summed E-state index contributed by atoms with van der Waals surface area (Å²) in [6, 6.07) is 52.7. The van der Waals surface area contributed by atoms with Crippen LogP contribution in [0.3, 0.4) is 0 Å². The minimum atomic E-state index is -0.197. The van der Waals surface area contributed by atoms with E-state index < -0.39 is 0 Å². The molecular weight excluding hydrogens is 593 g/mol. The van der Waals surface area contributed by atoms with E-state index in [2.05, 4.69) is 72.8 Å². The molecule has 0 amide bonds. The van der Waals surface area contributed by atoms with Gasteiger partial charge in [-0.05, 0) is 95.7 Å². The summed E-state index contributed by atoms with van der Waals surface area (Å²) in [6.45, 7) is 0. The average Bonchev–Trinajstić information content (AvgIpc) is 3.60. The molecule has 1 heterocycles. The minimum Gasteiger partial charge on any atom is -0.455 e. The molecule has 0 aliphatic rings. The van der Waals surface area contributed by atoms with Crippen molar-refractivity contribution in [3.8, 4) is 44.5 Å². The monoisotopic (exact) mass is 626 g/mol. The van der Waals surface area contributed by atoms with E-state index in [-0.39, 0.29) is 24.2 Å². The van der Waals surface area contributed by atoms with E-state index in [9.17, 15) is 2.74 Å². The first-order chi connectivity index (χ1) is 26.0. The highest BCUT2D eigenvalue weighted by molar-refractivity contribution is 6.27. The summed E-state index contributed by atoms with van der Waals surface area (Å²) in [4.78, 5) is 0. The first-order valence-corrected chi connectivity index (χ1v) is 16.5. The van der Waals surface area contributed by atoms with Gasteiger partial charge in [0.25, 0.3) is 0 Å². The summed E-state index contributed by atoms with van der Waals surface area (Å²) < 4.78 is 43.7. The Labute approximate surface area is 289 Å². The van der Waals surface area contributed by atoms with Crippen molar-refractivity contribution in [3.63, 3.8) is 0 Å². The molecule has 10 aromatic rings. The fraction of sp³-hybridized carbons (Fsp3) is 0. The normalized spacial score (nSPS) is 12.8. The second-order valence-corrected chi connectivity index (χ2v) is 12.5. The Morgan fingerprint density at radius 1 is 0.408 bits per heavy atom. The van der Waals surface area contributed by atoms with Crippen LogP contribution in [0.4, 0.5) is 0 Å². The number of hydrogen-bond acceptors (Lipinski definition) is 1. The van der Waals surface area contributed by atoms with Gasteiger partial charge >= 0.3 is 0 Å². The van der Waals surface area contributed by atoms with Crippen molar-refractivity contribution >= 4 is 54.3 Å². The van der Waals surface area contributed by atoms with Gasteiger partial charge in [0.1, 0.15) is 11.2 Å². The van der Waals surface area contributed by atoms with Crippen LogP contribution >= 0.6 is 0 Å². The standard InChI is InChI=1S/C48H30O/c1-3-13-31(14-4-1)34-18-11-19-36(29-34)45-38-21-9-10-22-39(38)46(40-27-26-35(30-43(40)45)32-15-5-2-6-16-32)41-23-12-24-44-47(41)42-28-25-33-17-7-8-20-37(33)48(42)49-44/h1-30H/i11D,18D,19D,29D. The van der Waals surface area contributed by atoms with Gasteiger partial charge in [0.15, 0.2) is 0 Å². The highest BCUT2D eigenvalue weighted by atomic mass is 16.3. The lowest BCUT2D eigenvalue weighted by Gasteiger charge is -2.19. The number of furan rings is 1. The highest BCUT2D eigenvalue weighted by Crippen LogP contribution is 2.48. The zero-order chi connectivity index (χ0) is 35.8. The van der Waals surface area contributed by atoms with Crippen molar-refractivity contribution < 1.29 is 9.90 Å².